The molecule has 2 atom stereocenters. The van der Waals surface area contributed by atoms with Gasteiger partial charge in [-0.2, -0.15) is 0 Å². The first-order chi connectivity index (χ1) is 9.21. The Bertz CT molecular complexity index is 309. The highest BCUT2D eigenvalue weighted by molar-refractivity contribution is 6.69. The van der Waals surface area contributed by atoms with Crippen LogP contribution >= 0.6 is 0 Å². The lowest BCUT2D eigenvalue weighted by Gasteiger charge is -2.26. The number of carbonyl (C=O) groups is 2. The summed E-state index contributed by atoms with van der Waals surface area (Å²) in [5, 5.41) is 9.05. The molecule has 0 aliphatic rings. The maximum atomic E-state index is 12.1. The van der Waals surface area contributed by atoms with Crippen LogP contribution in [0.3, 0.4) is 0 Å². The van der Waals surface area contributed by atoms with E-state index in [9.17, 15) is 9.59 Å². The van der Waals surface area contributed by atoms with E-state index in [4.69, 9.17) is 9.53 Å². The molecular weight excluding hydrogens is 272 g/mol. The Hall–Kier alpha value is -0.683. The van der Waals surface area contributed by atoms with Gasteiger partial charge in [-0.1, -0.05) is 33.1 Å². The number of ketones is 1. The highest BCUT2D eigenvalue weighted by atomic mass is 28.4. The minimum atomic E-state index is -1.72. The van der Waals surface area contributed by atoms with Crippen molar-refractivity contribution < 1.29 is 19.1 Å². The number of carbonyl (C=O) groups excluding carboxylic acids is 1. The summed E-state index contributed by atoms with van der Waals surface area (Å²) in [6.45, 7) is 10.2. The van der Waals surface area contributed by atoms with Gasteiger partial charge in [-0.3, -0.25) is 9.59 Å². The Balaban J connectivity index is 4.60. The number of hydrogen-bond acceptors (Lipinski definition) is 3. The lowest BCUT2D eigenvalue weighted by atomic mass is 9.95. The van der Waals surface area contributed by atoms with Crippen LogP contribution in [0.25, 0.3) is 0 Å². The molecule has 0 spiro atoms. The third kappa shape index (κ3) is 8.48. The van der Waals surface area contributed by atoms with Gasteiger partial charge in [0.15, 0.2) is 8.32 Å². The Kier molecular flexibility index (Phi) is 8.97. The minimum absolute atomic E-state index is 0.117. The van der Waals surface area contributed by atoms with Crippen LogP contribution in [0.5, 0.6) is 0 Å². The molecule has 5 heteroatoms. The summed E-state index contributed by atoms with van der Waals surface area (Å²) in [7, 11) is -1.72. The molecule has 0 aromatic carbocycles. The highest BCUT2D eigenvalue weighted by Crippen LogP contribution is 2.19. The molecule has 0 bridgehead atoms. The fraction of sp³-hybridized carbons (Fsp3) is 0.867. The first-order valence-electron chi connectivity index (χ1n) is 7.64. The molecule has 118 valence electrons. The summed E-state index contributed by atoms with van der Waals surface area (Å²) in [6.07, 6.45) is 4.59. The molecule has 0 rings (SSSR count). The van der Waals surface area contributed by atoms with Crippen molar-refractivity contribution in [3.63, 3.8) is 0 Å². The van der Waals surface area contributed by atoms with Gasteiger partial charge in [-0.05, 0) is 32.5 Å². The van der Waals surface area contributed by atoms with Crippen LogP contribution in [-0.4, -0.2) is 31.3 Å². The van der Waals surface area contributed by atoms with Crippen molar-refractivity contribution in [1.82, 2.24) is 0 Å². The zero-order chi connectivity index (χ0) is 15.8. The number of carboxylic acids is 1. The second kappa shape index (κ2) is 9.29. The number of aliphatic carboxylic acids is 1. The Morgan fingerprint density at radius 1 is 1.15 bits per heavy atom. The number of Topliss-reactive ketones (excluding diaryl/α,β-unsaturated/α-hetero) is 1. The first kappa shape index (κ1) is 19.3. The van der Waals surface area contributed by atoms with Crippen LogP contribution in [-0.2, 0) is 14.0 Å². The second-order valence-corrected chi connectivity index (χ2v) is 10.8. The smallest absolute Gasteiger partial charge is 0.314 e. The van der Waals surface area contributed by atoms with Gasteiger partial charge < -0.3 is 9.53 Å². The number of rotatable bonds is 11. The molecule has 0 heterocycles. The van der Waals surface area contributed by atoms with Gasteiger partial charge in [-0.25, -0.2) is 0 Å². The van der Waals surface area contributed by atoms with Crippen molar-refractivity contribution in [2.24, 2.45) is 5.92 Å². The van der Waals surface area contributed by atoms with Gasteiger partial charge in [0.05, 0.1) is 6.10 Å². The Morgan fingerprint density at radius 2 is 1.75 bits per heavy atom. The van der Waals surface area contributed by atoms with Gasteiger partial charge in [0, 0.05) is 6.42 Å². The predicted octanol–water partition coefficient (Wildman–Crippen LogP) is 3.86. The molecule has 2 unspecified atom stereocenters. The van der Waals surface area contributed by atoms with E-state index in [1.54, 1.807) is 6.92 Å². The number of hydrogen-bond donors (Lipinski definition) is 1. The monoisotopic (exact) mass is 302 g/mol. The van der Waals surface area contributed by atoms with Crippen LogP contribution in [0.15, 0.2) is 0 Å². The largest absolute Gasteiger partial charge is 0.481 e. The molecule has 0 aliphatic heterocycles. The van der Waals surface area contributed by atoms with Crippen LogP contribution < -0.4 is 0 Å². The van der Waals surface area contributed by atoms with Crippen LogP contribution in [0.1, 0.15) is 52.4 Å². The fourth-order valence-corrected chi connectivity index (χ4v) is 3.43. The van der Waals surface area contributed by atoms with Crippen LogP contribution in [0.4, 0.5) is 0 Å². The summed E-state index contributed by atoms with van der Waals surface area (Å²) in [5.74, 6) is -2.09. The SMILES string of the molecule is CCCCCC(CC(=O)C(CC)C(=O)O)O[Si](C)(C)C. The third-order valence-corrected chi connectivity index (χ3v) is 4.21. The summed E-state index contributed by atoms with van der Waals surface area (Å²) in [4.78, 5) is 23.1. The van der Waals surface area contributed by atoms with Crippen molar-refractivity contribution in [3.8, 4) is 0 Å². The van der Waals surface area contributed by atoms with Crippen molar-refractivity contribution in [2.45, 2.75) is 78.1 Å². The molecule has 0 aromatic heterocycles. The summed E-state index contributed by atoms with van der Waals surface area (Å²) in [6, 6.07) is 0. The number of carboxylic acid groups (broad SMARTS) is 1. The zero-order valence-electron chi connectivity index (χ0n) is 13.6. The van der Waals surface area contributed by atoms with E-state index in [2.05, 4.69) is 26.6 Å². The van der Waals surface area contributed by atoms with Crippen LogP contribution in [0.2, 0.25) is 19.6 Å². The molecule has 0 radical (unpaired) electrons. The first-order valence-corrected chi connectivity index (χ1v) is 11.0. The Morgan fingerprint density at radius 3 is 2.15 bits per heavy atom. The van der Waals surface area contributed by atoms with Crippen molar-refractivity contribution in [3.05, 3.63) is 0 Å². The van der Waals surface area contributed by atoms with Gasteiger partial charge in [0.25, 0.3) is 0 Å². The molecule has 0 amide bonds. The quantitative estimate of drug-likeness (QED) is 0.357. The summed E-state index contributed by atoms with van der Waals surface area (Å²) >= 11 is 0. The molecule has 4 nitrogen and oxygen atoms in total. The van der Waals surface area contributed by atoms with E-state index >= 15 is 0 Å². The zero-order valence-corrected chi connectivity index (χ0v) is 14.6. The summed E-state index contributed by atoms with van der Waals surface area (Å²) < 4.78 is 6.05. The average molecular weight is 302 g/mol. The lowest BCUT2D eigenvalue weighted by Crippen LogP contribution is -2.35. The average Bonchev–Trinajstić information content (AvgIpc) is 2.27. The lowest BCUT2D eigenvalue weighted by molar-refractivity contribution is -0.146. The van der Waals surface area contributed by atoms with Gasteiger partial charge in [-0.15, -0.1) is 0 Å². The molecule has 0 fully saturated rings. The molecule has 1 N–H and O–H groups in total. The fourth-order valence-electron chi connectivity index (χ4n) is 2.23. The molecule has 0 saturated heterocycles. The van der Waals surface area contributed by atoms with E-state index in [0.717, 1.165) is 25.7 Å². The molecule has 20 heavy (non-hydrogen) atoms. The Labute approximate surface area is 124 Å². The molecular formula is C15H30O4Si. The minimum Gasteiger partial charge on any atom is -0.481 e. The summed E-state index contributed by atoms with van der Waals surface area (Å²) in [5.41, 5.74) is 0. The van der Waals surface area contributed by atoms with Crippen molar-refractivity contribution >= 4 is 20.1 Å². The normalized spacial score (nSPS) is 14.8. The predicted molar refractivity (Wildman–Crippen MR) is 83.4 cm³/mol. The van der Waals surface area contributed by atoms with E-state index < -0.39 is 20.2 Å². The molecule has 0 saturated carbocycles. The van der Waals surface area contributed by atoms with E-state index in [1.165, 1.54) is 0 Å². The van der Waals surface area contributed by atoms with E-state index in [0.29, 0.717) is 6.42 Å². The standard InChI is InChI=1S/C15H30O4Si/c1-6-8-9-10-12(19-20(3,4)5)11-14(16)13(7-2)15(17)18/h12-13H,6-11H2,1-5H3,(H,17,18). The van der Waals surface area contributed by atoms with E-state index in [-0.39, 0.29) is 18.3 Å². The molecule has 0 aliphatic carbocycles. The van der Waals surface area contributed by atoms with E-state index in [1.807, 2.05) is 0 Å². The second-order valence-electron chi connectivity index (χ2n) is 6.32. The number of unbranched alkanes of at least 4 members (excludes halogenated alkanes) is 2. The third-order valence-electron chi connectivity index (χ3n) is 3.17. The van der Waals surface area contributed by atoms with Gasteiger partial charge >= 0.3 is 5.97 Å². The van der Waals surface area contributed by atoms with Crippen LogP contribution in [0, 0.1) is 5.92 Å². The maximum absolute atomic E-state index is 12.1. The van der Waals surface area contributed by atoms with Crippen molar-refractivity contribution in [2.75, 3.05) is 0 Å². The van der Waals surface area contributed by atoms with Crippen molar-refractivity contribution in [1.29, 1.82) is 0 Å². The van der Waals surface area contributed by atoms with Gasteiger partial charge in [0.1, 0.15) is 11.7 Å². The maximum Gasteiger partial charge on any atom is 0.314 e. The van der Waals surface area contributed by atoms with Gasteiger partial charge in [0.2, 0.25) is 0 Å². The highest BCUT2D eigenvalue weighted by Gasteiger charge is 2.29. The topological polar surface area (TPSA) is 63.6 Å². The molecule has 0 aromatic rings.